The van der Waals surface area contributed by atoms with E-state index in [4.69, 9.17) is 13.0 Å². The van der Waals surface area contributed by atoms with Crippen LogP contribution in [-0.2, 0) is 27.4 Å². The first-order valence-corrected chi connectivity index (χ1v) is 7.48. The summed E-state index contributed by atoms with van der Waals surface area (Å²) in [6.45, 7) is 0. The molecule has 0 N–H and O–H groups in total. The highest BCUT2D eigenvalue weighted by Gasteiger charge is 2.36. The molecule has 0 fully saturated rings. The van der Waals surface area contributed by atoms with Gasteiger partial charge in [-0.2, -0.15) is 25.9 Å². The maximum absolute atomic E-state index is 11.4. The van der Waals surface area contributed by atoms with Crippen molar-refractivity contribution in [1.29, 1.82) is 0 Å². The molecule has 1 aromatic rings. The Kier molecular flexibility index (Phi) is 5.71. The fourth-order valence-electron chi connectivity index (χ4n) is 0.752. The standard InChI is InChI=1S/C6H12N3O2S.CHF3O3S/c1-7(2)12(10,11)9-5-4-8(3)6-9;2-1(3,4)8(5,6)7/h4-6H,1-3H3;(H,5,6,7)/q+1;/p-1. The molecule has 0 aliphatic rings. The van der Waals surface area contributed by atoms with Crippen molar-refractivity contribution in [2.24, 2.45) is 7.05 Å². The summed E-state index contributed by atoms with van der Waals surface area (Å²) in [5.41, 5.74) is -5.65. The molecule has 0 atom stereocenters. The van der Waals surface area contributed by atoms with E-state index in [9.17, 15) is 21.6 Å². The summed E-state index contributed by atoms with van der Waals surface area (Å²) in [7, 11) is -4.66. The lowest BCUT2D eigenvalue weighted by molar-refractivity contribution is -0.670. The van der Waals surface area contributed by atoms with Gasteiger partial charge in [-0.15, -0.1) is 3.97 Å². The van der Waals surface area contributed by atoms with Crippen molar-refractivity contribution in [3.05, 3.63) is 18.7 Å². The molecule has 0 aromatic carbocycles. The fourth-order valence-corrected chi connectivity index (χ4v) is 1.61. The zero-order valence-electron chi connectivity index (χ0n) is 10.6. The van der Waals surface area contributed by atoms with Gasteiger partial charge in [-0.3, -0.25) is 0 Å². The van der Waals surface area contributed by atoms with Crippen LogP contribution in [0.25, 0.3) is 0 Å². The van der Waals surface area contributed by atoms with Crippen LogP contribution in [0, 0.1) is 0 Å². The predicted octanol–water partition coefficient (Wildman–Crippen LogP) is -0.981. The SMILES string of the molecule is CN(C)S(=O)(=O)n1cc[n+](C)c1.O=S(=O)([O-])C(F)(F)F. The van der Waals surface area contributed by atoms with Gasteiger partial charge in [0.1, 0.15) is 12.4 Å². The van der Waals surface area contributed by atoms with E-state index in [2.05, 4.69) is 0 Å². The molecular weight excluding hydrogens is 327 g/mol. The van der Waals surface area contributed by atoms with Crippen LogP contribution < -0.4 is 4.57 Å². The molecule has 1 aromatic heterocycles. The lowest BCUT2D eigenvalue weighted by Crippen LogP contribution is -2.30. The summed E-state index contributed by atoms with van der Waals surface area (Å²) in [5, 5.41) is 0. The summed E-state index contributed by atoms with van der Waals surface area (Å²) < 4.78 is 85.7. The maximum Gasteiger partial charge on any atom is 0.485 e. The van der Waals surface area contributed by atoms with E-state index < -0.39 is 25.8 Å². The Morgan fingerprint density at radius 2 is 1.60 bits per heavy atom. The van der Waals surface area contributed by atoms with Gasteiger partial charge in [0.25, 0.3) is 6.33 Å². The molecule has 118 valence electrons. The summed E-state index contributed by atoms with van der Waals surface area (Å²) in [6.07, 6.45) is 4.66. The highest BCUT2D eigenvalue weighted by atomic mass is 32.2. The van der Waals surface area contributed by atoms with Gasteiger partial charge in [-0.1, -0.05) is 0 Å². The Hall–Kier alpha value is -1.18. The highest BCUT2D eigenvalue weighted by Crippen LogP contribution is 2.20. The van der Waals surface area contributed by atoms with E-state index in [1.165, 1.54) is 26.6 Å². The van der Waals surface area contributed by atoms with Crippen molar-refractivity contribution in [1.82, 2.24) is 8.28 Å². The minimum absolute atomic E-state index is 1.16. The molecular formula is C7H12F3N3O5S2. The van der Waals surface area contributed by atoms with E-state index in [0.717, 1.165) is 8.28 Å². The Bertz CT molecular complexity index is 647. The first-order valence-electron chi connectivity index (χ1n) is 4.68. The lowest BCUT2D eigenvalue weighted by Gasteiger charge is -2.08. The van der Waals surface area contributed by atoms with Gasteiger partial charge >= 0.3 is 15.7 Å². The Labute approximate surface area is 114 Å². The zero-order chi connectivity index (χ0) is 16.4. The van der Waals surface area contributed by atoms with Gasteiger partial charge in [0.2, 0.25) is 0 Å². The van der Waals surface area contributed by atoms with Crippen LogP contribution in [0.1, 0.15) is 0 Å². The molecule has 0 aliphatic heterocycles. The Morgan fingerprint density at radius 3 is 1.80 bits per heavy atom. The van der Waals surface area contributed by atoms with Crippen molar-refractivity contribution < 1.29 is 39.1 Å². The van der Waals surface area contributed by atoms with Crippen LogP contribution in [-0.4, -0.2) is 49.3 Å². The number of imidazole rings is 1. The van der Waals surface area contributed by atoms with Crippen molar-refractivity contribution >= 4 is 20.3 Å². The van der Waals surface area contributed by atoms with E-state index in [1.807, 2.05) is 0 Å². The Balaban J connectivity index is 0.000000396. The fraction of sp³-hybridized carbons (Fsp3) is 0.571. The topological polar surface area (TPSA) is 103 Å². The summed E-state index contributed by atoms with van der Waals surface area (Å²) in [4.78, 5) is 0. The third-order valence-electron chi connectivity index (χ3n) is 1.76. The molecule has 0 amide bonds. The molecule has 20 heavy (non-hydrogen) atoms. The summed E-state index contributed by atoms with van der Waals surface area (Å²) in [6, 6.07) is 0. The smallest absolute Gasteiger partial charge is 0.485 e. The van der Waals surface area contributed by atoms with Gasteiger partial charge in [-0.25, -0.2) is 13.0 Å². The molecule has 0 bridgehead atoms. The first kappa shape index (κ1) is 18.8. The second kappa shape index (κ2) is 6.07. The summed E-state index contributed by atoms with van der Waals surface area (Å²) >= 11 is 0. The van der Waals surface area contributed by atoms with Crippen LogP contribution >= 0.6 is 0 Å². The van der Waals surface area contributed by atoms with Crippen LogP contribution in [0.3, 0.4) is 0 Å². The highest BCUT2D eigenvalue weighted by molar-refractivity contribution is 7.87. The largest absolute Gasteiger partial charge is 0.741 e. The van der Waals surface area contributed by atoms with Gasteiger partial charge in [-0.05, 0) is 0 Å². The quantitative estimate of drug-likeness (QED) is 0.391. The molecule has 1 heterocycles. The third-order valence-corrected chi connectivity index (χ3v) is 3.99. The molecule has 8 nitrogen and oxygen atoms in total. The average molecular weight is 339 g/mol. The van der Waals surface area contributed by atoms with Gasteiger partial charge < -0.3 is 4.55 Å². The minimum atomic E-state index is -6.09. The molecule has 0 saturated carbocycles. The Morgan fingerprint density at radius 1 is 1.20 bits per heavy atom. The summed E-state index contributed by atoms with van der Waals surface area (Å²) in [5.74, 6) is 0. The van der Waals surface area contributed by atoms with Crippen molar-refractivity contribution in [2.45, 2.75) is 5.51 Å². The monoisotopic (exact) mass is 339 g/mol. The van der Waals surface area contributed by atoms with E-state index in [-0.39, 0.29) is 0 Å². The number of aryl methyl sites for hydroxylation is 1. The van der Waals surface area contributed by atoms with Crippen molar-refractivity contribution in [2.75, 3.05) is 14.1 Å². The molecule has 0 saturated heterocycles. The number of nitrogens with zero attached hydrogens (tertiary/aromatic N) is 3. The molecule has 1 rings (SSSR count). The average Bonchev–Trinajstić information content (AvgIpc) is 2.62. The lowest BCUT2D eigenvalue weighted by atomic mass is 10.9. The number of alkyl halides is 3. The second-order valence-corrected chi connectivity index (χ2v) is 7.02. The third kappa shape index (κ3) is 5.07. The predicted molar refractivity (Wildman–Crippen MR) is 59.4 cm³/mol. The number of halogens is 3. The molecule has 0 spiro atoms. The van der Waals surface area contributed by atoms with E-state index in [1.54, 1.807) is 17.8 Å². The number of hydrogen-bond donors (Lipinski definition) is 0. The van der Waals surface area contributed by atoms with Gasteiger partial charge in [0.15, 0.2) is 10.1 Å². The van der Waals surface area contributed by atoms with E-state index in [0.29, 0.717) is 0 Å². The normalized spacial score (nSPS) is 13.0. The second-order valence-electron chi connectivity index (χ2n) is 3.60. The van der Waals surface area contributed by atoms with Gasteiger partial charge in [0, 0.05) is 14.1 Å². The number of rotatable bonds is 2. The van der Waals surface area contributed by atoms with Gasteiger partial charge in [0.05, 0.1) is 7.05 Å². The van der Waals surface area contributed by atoms with Crippen molar-refractivity contribution in [3.63, 3.8) is 0 Å². The molecule has 0 aliphatic carbocycles. The maximum atomic E-state index is 11.4. The minimum Gasteiger partial charge on any atom is -0.741 e. The number of hydrogen-bond acceptors (Lipinski definition) is 5. The van der Waals surface area contributed by atoms with Crippen LogP contribution in [0.2, 0.25) is 0 Å². The molecule has 0 radical (unpaired) electrons. The van der Waals surface area contributed by atoms with Crippen LogP contribution in [0.15, 0.2) is 18.7 Å². The first-order chi connectivity index (χ1) is 8.69. The zero-order valence-corrected chi connectivity index (χ0v) is 12.2. The van der Waals surface area contributed by atoms with Crippen LogP contribution in [0.4, 0.5) is 13.2 Å². The van der Waals surface area contributed by atoms with Crippen LogP contribution in [0.5, 0.6) is 0 Å². The van der Waals surface area contributed by atoms with E-state index >= 15 is 0 Å². The molecule has 0 unspecified atom stereocenters. The number of aromatic nitrogens is 2. The van der Waals surface area contributed by atoms with Crippen molar-refractivity contribution in [3.8, 4) is 0 Å². The molecule has 13 heteroatoms.